The van der Waals surface area contributed by atoms with Crippen molar-refractivity contribution in [3.05, 3.63) is 28.2 Å². The van der Waals surface area contributed by atoms with Crippen LogP contribution >= 0.6 is 27.7 Å². The van der Waals surface area contributed by atoms with Crippen molar-refractivity contribution in [2.75, 3.05) is 26.0 Å². The summed E-state index contributed by atoms with van der Waals surface area (Å²) >= 11 is 5.49. The highest BCUT2D eigenvalue weighted by atomic mass is 79.9. The summed E-state index contributed by atoms with van der Waals surface area (Å²) in [7, 11) is 1.73. The number of halogens is 1. The first-order valence-corrected chi connectivity index (χ1v) is 8.16. The Balaban J connectivity index is 2.52. The van der Waals surface area contributed by atoms with Crippen LogP contribution < -0.4 is 5.32 Å². The molecule has 102 valence electrons. The molecule has 0 unspecified atom stereocenters. The molecular weight excluding hydrogens is 310 g/mol. The van der Waals surface area contributed by atoms with Gasteiger partial charge < -0.3 is 10.1 Å². The van der Waals surface area contributed by atoms with Gasteiger partial charge in [0, 0.05) is 29.6 Å². The van der Waals surface area contributed by atoms with Crippen LogP contribution in [0.3, 0.4) is 0 Å². The van der Waals surface area contributed by atoms with Gasteiger partial charge in [-0.1, -0.05) is 35.3 Å². The van der Waals surface area contributed by atoms with Crippen molar-refractivity contribution in [2.24, 2.45) is 0 Å². The molecule has 18 heavy (non-hydrogen) atoms. The molecule has 0 bridgehead atoms. The van der Waals surface area contributed by atoms with Crippen molar-refractivity contribution in [1.82, 2.24) is 5.32 Å². The van der Waals surface area contributed by atoms with E-state index in [1.54, 1.807) is 7.11 Å². The van der Waals surface area contributed by atoms with Crippen LogP contribution in [0.1, 0.15) is 25.3 Å². The maximum absolute atomic E-state index is 5.03. The summed E-state index contributed by atoms with van der Waals surface area (Å²) in [5.41, 5.74) is 1.37. The summed E-state index contributed by atoms with van der Waals surface area (Å²) in [5.74, 6) is 1.19. The minimum absolute atomic E-state index is 0.759. The van der Waals surface area contributed by atoms with Gasteiger partial charge >= 0.3 is 0 Å². The van der Waals surface area contributed by atoms with E-state index in [-0.39, 0.29) is 0 Å². The number of benzene rings is 1. The van der Waals surface area contributed by atoms with Crippen molar-refractivity contribution in [3.63, 3.8) is 0 Å². The second-order valence-electron chi connectivity index (χ2n) is 4.12. The summed E-state index contributed by atoms with van der Waals surface area (Å²) in [6.45, 7) is 4.79. The first-order chi connectivity index (χ1) is 8.77. The van der Waals surface area contributed by atoms with E-state index in [1.165, 1.54) is 29.1 Å². The molecule has 0 saturated heterocycles. The Hall–Kier alpha value is -0.0300. The van der Waals surface area contributed by atoms with Gasteiger partial charge in [0.1, 0.15) is 0 Å². The fourth-order valence-corrected chi connectivity index (χ4v) is 3.23. The molecule has 0 aliphatic heterocycles. The first-order valence-electron chi connectivity index (χ1n) is 6.38. The van der Waals surface area contributed by atoms with E-state index in [0.29, 0.717) is 0 Å². The summed E-state index contributed by atoms with van der Waals surface area (Å²) < 4.78 is 6.19. The molecule has 0 aliphatic carbocycles. The van der Waals surface area contributed by atoms with Gasteiger partial charge in [0.05, 0.1) is 6.61 Å². The third-order valence-electron chi connectivity index (χ3n) is 2.58. The fourth-order valence-electron chi connectivity index (χ4n) is 1.53. The molecule has 0 amide bonds. The van der Waals surface area contributed by atoms with Crippen molar-refractivity contribution in [1.29, 1.82) is 0 Å². The Bertz CT molecular complexity index is 347. The van der Waals surface area contributed by atoms with Gasteiger partial charge in [0.15, 0.2) is 0 Å². The lowest BCUT2D eigenvalue weighted by Crippen LogP contribution is -2.18. The maximum Gasteiger partial charge on any atom is 0.0587 e. The highest BCUT2D eigenvalue weighted by Gasteiger charge is 2.03. The number of methoxy groups -OCH3 is 1. The summed E-state index contributed by atoms with van der Waals surface area (Å²) in [4.78, 5) is 1.38. The van der Waals surface area contributed by atoms with Crippen LogP contribution in [0.4, 0.5) is 0 Å². The molecule has 1 rings (SSSR count). The Morgan fingerprint density at radius 1 is 1.39 bits per heavy atom. The van der Waals surface area contributed by atoms with Gasteiger partial charge in [-0.05, 0) is 29.9 Å². The monoisotopic (exact) mass is 331 g/mol. The molecule has 1 aromatic carbocycles. The van der Waals surface area contributed by atoms with E-state index in [9.17, 15) is 0 Å². The minimum atomic E-state index is 0.759. The van der Waals surface area contributed by atoms with Gasteiger partial charge in [-0.15, -0.1) is 11.8 Å². The van der Waals surface area contributed by atoms with Gasteiger partial charge in [0.25, 0.3) is 0 Å². The first kappa shape index (κ1) is 16.0. The predicted molar refractivity (Wildman–Crippen MR) is 83.4 cm³/mol. The van der Waals surface area contributed by atoms with Crippen molar-refractivity contribution in [2.45, 2.75) is 31.2 Å². The lowest BCUT2D eigenvalue weighted by Gasteiger charge is -2.11. The molecule has 2 nitrogen and oxygen atoms in total. The second-order valence-corrected chi connectivity index (χ2v) is 6.18. The molecule has 0 saturated carbocycles. The summed E-state index contributed by atoms with van der Waals surface area (Å²) in [6, 6.07) is 6.52. The van der Waals surface area contributed by atoms with E-state index >= 15 is 0 Å². The zero-order valence-corrected chi connectivity index (χ0v) is 13.6. The van der Waals surface area contributed by atoms with Gasteiger partial charge in [-0.2, -0.15) is 0 Å². The average Bonchev–Trinajstić information content (AvgIpc) is 2.37. The molecule has 0 radical (unpaired) electrons. The standard InChI is InChI=1S/C14H22BrNOS/c1-3-4-9-18-14-10-13(15)6-5-12(14)11-16-7-8-17-2/h5-6,10,16H,3-4,7-9,11H2,1-2H3. The Kier molecular flexibility index (Phi) is 8.76. The number of thioether (sulfide) groups is 1. The Morgan fingerprint density at radius 3 is 2.94 bits per heavy atom. The normalized spacial score (nSPS) is 10.8. The summed E-state index contributed by atoms with van der Waals surface area (Å²) in [5, 5.41) is 3.40. The van der Waals surface area contributed by atoms with E-state index in [0.717, 1.165) is 24.2 Å². The summed E-state index contributed by atoms with van der Waals surface area (Å²) in [6.07, 6.45) is 2.52. The lowest BCUT2D eigenvalue weighted by atomic mass is 10.2. The van der Waals surface area contributed by atoms with Crippen LogP contribution in [-0.2, 0) is 11.3 Å². The lowest BCUT2D eigenvalue weighted by molar-refractivity contribution is 0.199. The smallest absolute Gasteiger partial charge is 0.0587 e. The van der Waals surface area contributed by atoms with Crippen LogP contribution in [0, 0.1) is 0 Å². The van der Waals surface area contributed by atoms with Crippen molar-refractivity contribution < 1.29 is 4.74 Å². The van der Waals surface area contributed by atoms with E-state index in [4.69, 9.17) is 4.74 Å². The van der Waals surface area contributed by atoms with Crippen LogP contribution in [0.2, 0.25) is 0 Å². The number of hydrogen-bond acceptors (Lipinski definition) is 3. The molecule has 0 spiro atoms. The van der Waals surface area contributed by atoms with Gasteiger partial charge in [0.2, 0.25) is 0 Å². The maximum atomic E-state index is 5.03. The number of ether oxygens (including phenoxy) is 1. The zero-order chi connectivity index (χ0) is 13.2. The predicted octanol–water partition coefficient (Wildman–Crippen LogP) is 4.08. The zero-order valence-electron chi connectivity index (χ0n) is 11.2. The Labute approximate surface area is 123 Å². The Morgan fingerprint density at radius 2 is 2.22 bits per heavy atom. The highest BCUT2D eigenvalue weighted by molar-refractivity contribution is 9.10. The second kappa shape index (κ2) is 9.84. The number of nitrogens with one attached hydrogen (secondary N) is 1. The van der Waals surface area contributed by atoms with Crippen molar-refractivity contribution in [3.8, 4) is 0 Å². The van der Waals surface area contributed by atoms with Crippen LogP contribution in [0.5, 0.6) is 0 Å². The quantitative estimate of drug-likeness (QED) is 0.544. The van der Waals surface area contributed by atoms with E-state index in [1.807, 2.05) is 11.8 Å². The molecule has 1 aromatic rings. The molecule has 0 heterocycles. The molecule has 0 aliphatic rings. The number of hydrogen-bond donors (Lipinski definition) is 1. The van der Waals surface area contributed by atoms with Crippen LogP contribution in [0.25, 0.3) is 0 Å². The number of unbranched alkanes of at least 4 members (excludes halogenated alkanes) is 1. The fraction of sp³-hybridized carbons (Fsp3) is 0.571. The van der Waals surface area contributed by atoms with Crippen LogP contribution in [-0.4, -0.2) is 26.0 Å². The minimum Gasteiger partial charge on any atom is -0.383 e. The highest BCUT2D eigenvalue weighted by Crippen LogP contribution is 2.27. The van der Waals surface area contributed by atoms with E-state index in [2.05, 4.69) is 46.4 Å². The molecule has 4 heteroatoms. The molecule has 1 N–H and O–H groups in total. The van der Waals surface area contributed by atoms with Crippen molar-refractivity contribution >= 4 is 27.7 Å². The molecule has 0 fully saturated rings. The molecular formula is C14H22BrNOS. The topological polar surface area (TPSA) is 21.3 Å². The average molecular weight is 332 g/mol. The van der Waals surface area contributed by atoms with Gasteiger partial charge in [-0.25, -0.2) is 0 Å². The van der Waals surface area contributed by atoms with Crippen LogP contribution in [0.15, 0.2) is 27.6 Å². The molecule has 0 atom stereocenters. The largest absolute Gasteiger partial charge is 0.383 e. The SMILES string of the molecule is CCCCSc1cc(Br)ccc1CNCCOC. The third kappa shape index (κ3) is 6.23. The van der Waals surface area contributed by atoms with E-state index < -0.39 is 0 Å². The molecule has 0 aromatic heterocycles. The van der Waals surface area contributed by atoms with Gasteiger partial charge in [-0.3, -0.25) is 0 Å². The number of rotatable bonds is 9. The third-order valence-corrected chi connectivity index (χ3v) is 4.26.